The van der Waals surface area contributed by atoms with E-state index in [-0.39, 0.29) is 18.5 Å². The Balaban J connectivity index is 1.83. The van der Waals surface area contributed by atoms with Crippen LogP contribution in [0.4, 0.5) is 24.7 Å². The predicted molar refractivity (Wildman–Crippen MR) is 97.4 cm³/mol. The van der Waals surface area contributed by atoms with Gasteiger partial charge < -0.3 is 5.32 Å². The summed E-state index contributed by atoms with van der Waals surface area (Å²) >= 11 is 5.97. The Hall–Kier alpha value is -3.01. The number of aromatic nitrogens is 3. The number of fused-ring (bicyclic) bond motifs is 1. The molecule has 146 valence electrons. The van der Waals surface area contributed by atoms with Gasteiger partial charge in [0, 0.05) is 30.3 Å². The number of benzene rings is 1. The minimum Gasteiger partial charge on any atom is -0.368 e. The first-order valence-electron chi connectivity index (χ1n) is 8.03. The van der Waals surface area contributed by atoms with Gasteiger partial charge in [-0.1, -0.05) is 11.6 Å². The topological polar surface area (TPSA) is 93.8 Å². The summed E-state index contributed by atoms with van der Waals surface area (Å²) in [5.74, 6) is 0.372. The molecule has 0 unspecified atom stereocenters. The van der Waals surface area contributed by atoms with Gasteiger partial charge in [-0.25, -0.2) is 0 Å². The van der Waals surface area contributed by atoms with Crippen LogP contribution >= 0.6 is 11.6 Å². The van der Waals surface area contributed by atoms with Crippen molar-refractivity contribution in [2.75, 3.05) is 11.9 Å². The molecule has 0 spiro atoms. The van der Waals surface area contributed by atoms with Crippen molar-refractivity contribution in [3.63, 3.8) is 0 Å². The third kappa shape index (κ3) is 4.28. The van der Waals surface area contributed by atoms with E-state index in [1.807, 2.05) is 0 Å². The molecule has 0 aliphatic carbocycles. The fourth-order valence-corrected chi connectivity index (χ4v) is 2.84. The van der Waals surface area contributed by atoms with Crippen molar-refractivity contribution in [3.05, 3.63) is 62.4 Å². The van der Waals surface area contributed by atoms with Gasteiger partial charge in [0.2, 0.25) is 0 Å². The lowest BCUT2D eigenvalue weighted by molar-refractivity contribution is -0.385. The van der Waals surface area contributed by atoms with E-state index in [0.717, 1.165) is 12.1 Å². The number of hydrogen-bond acceptors (Lipinski definition) is 6. The van der Waals surface area contributed by atoms with Crippen LogP contribution in [0.3, 0.4) is 0 Å². The Kier molecular flexibility index (Phi) is 5.32. The van der Waals surface area contributed by atoms with Crippen LogP contribution in [-0.4, -0.2) is 26.6 Å². The summed E-state index contributed by atoms with van der Waals surface area (Å²) in [6.07, 6.45) is -3.09. The van der Waals surface area contributed by atoms with Crippen LogP contribution < -0.4 is 5.32 Å². The van der Waals surface area contributed by atoms with Crippen molar-refractivity contribution in [1.29, 1.82) is 0 Å². The van der Waals surface area contributed by atoms with E-state index in [4.69, 9.17) is 11.6 Å². The van der Waals surface area contributed by atoms with E-state index >= 15 is 0 Å². The summed E-state index contributed by atoms with van der Waals surface area (Å²) in [6, 6.07) is 4.19. The lowest BCUT2D eigenvalue weighted by Gasteiger charge is -2.11. The molecule has 11 heteroatoms. The van der Waals surface area contributed by atoms with Gasteiger partial charge in [-0.2, -0.15) is 18.3 Å². The average molecular weight is 412 g/mol. The molecular weight excluding hydrogens is 399 g/mol. The quantitative estimate of drug-likeness (QED) is 0.488. The third-order valence-electron chi connectivity index (χ3n) is 3.97. The maximum atomic E-state index is 13.0. The number of pyridine rings is 1. The highest BCUT2D eigenvalue weighted by atomic mass is 35.5. The van der Waals surface area contributed by atoms with Gasteiger partial charge in [-0.15, -0.1) is 5.10 Å². The van der Waals surface area contributed by atoms with E-state index in [1.54, 1.807) is 13.0 Å². The number of nitro groups is 1. The third-order valence-corrected chi connectivity index (χ3v) is 4.18. The highest BCUT2D eigenvalue weighted by molar-refractivity contribution is 6.31. The summed E-state index contributed by atoms with van der Waals surface area (Å²) in [6.45, 7) is 1.92. The molecule has 1 aromatic carbocycles. The number of rotatable bonds is 5. The minimum absolute atomic E-state index is 0.107. The first-order chi connectivity index (χ1) is 13.1. The summed E-state index contributed by atoms with van der Waals surface area (Å²) in [7, 11) is 0. The van der Waals surface area contributed by atoms with Crippen LogP contribution in [0.15, 0.2) is 30.5 Å². The molecule has 3 aromatic rings. The number of non-ortho nitro benzene ring substituents is 1. The SMILES string of the molecule is Cc1nnc(NCCc2cc([N+](=O)[O-])cc(C(F)(F)F)c2)c2cc(Cl)cnc12. The normalized spacial score (nSPS) is 11.6. The summed E-state index contributed by atoms with van der Waals surface area (Å²) in [5.41, 5.74) is -0.300. The van der Waals surface area contributed by atoms with E-state index in [2.05, 4.69) is 20.5 Å². The van der Waals surface area contributed by atoms with Crippen LogP contribution in [0.2, 0.25) is 5.02 Å². The van der Waals surface area contributed by atoms with Gasteiger partial charge >= 0.3 is 6.18 Å². The molecule has 1 N–H and O–H groups in total. The Labute approximate surface area is 161 Å². The fourth-order valence-electron chi connectivity index (χ4n) is 2.68. The number of hydrogen-bond donors (Lipinski definition) is 1. The molecule has 2 aromatic heterocycles. The lowest BCUT2D eigenvalue weighted by atomic mass is 10.1. The Bertz CT molecular complexity index is 1060. The second-order valence-corrected chi connectivity index (χ2v) is 6.44. The Morgan fingerprint density at radius 1 is 1.21 bits per heavy atom. The molecule has 3 rings (SSSR count). The van der Waals surface area contributed by atoms with Gasteiger partial charge in [0.15, 0.2) is 5.82 Å². The van der Waals surface area contributed by atoms with E-state index in [9.17, 15) is 23.3 Å². The molecule has 0 radical (unpaired) electrons. The maximum absolute atomic E-state index is 13.0. The minimum atomic E-state index is -4.67. The van der Waals surface area contributed by atoms with Crippen molar-refractivity contribution in [3.8, 4) is 0 Å². The molecule has 0 bridgehead atoms. The zero-order chi connectivity index (χ0) is 20.5. The van der Waals surface area contributed by atoms with Gasteiger partial charge in [0.25, 0.3) is 5.69 Å². The molecule has 7 nitrogen and oxygen atoms in total. The molecule has 28 heavy (non-hydrogen) atoms. The van der Waals surface area contributed by atoms with Crippen LogP contribution in [-0.2, 0) is 12.6 Å². The highest BCUT2D eigenvalue weighted by Gasteiger charge is 2.32. The van der Waals surface area contributed by atoms with Gasteiger partial charge in [0.1, 0.15) is 0 Å². The van der Waals surface area contributed by atoms with Crippen molar-refractivity contribution in [1.82, 2.24) is 15.2 Å². The molecule has 0 saturated heterocycles. The van der Waals surface area contributed by atoms with Crippen molar-refractivity contribution >= 4 is 34.0 Å². The molecule has 0 amide bonds. The molecule has 0 aliphatic heterocycles. The highest BCUT2D eigenvalue weighted by Crippen LogP contribution is 2.33. The summed E-state index contributed by atoms with van der Waals surface area (Å²) < 4.78 is 38.9. The summed E-state index contributed by atoms with van der Waals surface area (Å²) in [5, 5.41) is 22.9. The monoisotopic (exact) mass is 411 g/mol. The largest absolute Gasteiger partial charge is 0.416 e. The number of nitro benzene ring substituents is 1. The predicted octanol–water partition coefficient (Wildman–Crippen LogP) is 4.57. The van der Waals surface area contributed by atoms with Crippen LogP contribution in [0, 0.1) is 17.0 Å². The molecular formula is C17H13ClF3N5O2. The van der Waals surface area contributed by atoms with Crippen molar-refractivity contribution < 1.29 is 18.1 Å². The van der Waals surface area contributed by atoms with Gasteiger partial charge in [-0.3, -0.25) is 15.1 Å². The maximum Gasteiger partial charge on any atom is 0.416 e. The molecule has 0 fully saturated rings. The number of anilines is 1. The van der Waals surface area contributed by atoms with E-state index in [0.29, 0.717) is 33.5 Å². The van der Waals surface area contributed by atoms with E-state index in [1.165, 1.54) is 6.20 Å². The smallest absolute Gasteiger partial charge is 0.368 e. The molecule has 0 saturated carbocycles. The Morgan fingerprint density at radius 3 is 2.64 bits per heavy atom. The zero-order valence-corrected chi connectivity index (χ0v) is 15.2. The number of nitrogens with zero attached hydrogens (tertiary/aromatic N) is 4. The number of aryl methyl sites for hydroxylation is 1. The zero-order valence-electron chi connectivity index (χ0n) is 14.4. The second kappa shape index (κ2) is 7.55. The number of nitrogens with one attached hydrogen (secondary N) is 1. The fraction of sp³-hybridized carbons (Fsp3) is 0.235. The van der Waals surface area contributed by atoms with E-state index < -0.39 is 22.4 Å². The van der Waals surface area contributed by atoms with Gasteiger partial charge in [0.05, 0.1) is 26.7 Å². The molecule has 2 heterocycles. The first kappa shape index (κ1) is 19.7. The van der Waals surface area contributed by atoms with Crippen molar-refractivity contribution in [2.45, 2.75) is 19.5 Å². The second-order valence-electron chi connectivity index (χ2n) is 6.00. The standard InChI is InChI=1S/C17H13ClF3N5O2/c1-9-15-14(7-12(18)8-23-15)16(25-24-9)22-3-2-10-4-11(17(19,20)21)6-13(5-10)26(27)28/h4-8H,2-3H2,1H3,(H,22,25). The van der Waals surface area contributed by atoms with Gasteiger partial charge in [-0.05, 0) is 31.0 Å². The Morgan fingerprint density at radius 2 is 1.96 bits per heavy atom. The van der Waals surface area contributed by atoms with Crippen molar-refractivity contribution in [2.24, 2.45) is 0 Å². The van der Waals surface area contributed by atoms with Crippen LogP contribution in [0.25, 0.3) is 10.9 Å². The first-order valence-corrected chi connectivity index (χ1v) is 8.41. The average Bonchev–Trinajstić information content (AvgIpc) is 2.62. The lowest BCUT2D eigenvalue weighted by Crippen LogP contribution is -2.11. The summed E-state index contributed by atoms with van der Waals surface area (Å²) in [4.78, 5) is 14.3. The molecule has 0 aliphatic rings. The van der Waals surface area contributed by atoms with Crippen LogP contribution in [0.1, 0.15) is 16.8 Å². The number of halogens is 4. The molecule has 0 atom stereocenters. The number of alkyl halides is 3. The van der Waals surface area contributed by atoms with Crippen LogP contribution in [0.5, 0.6) is 0 Å².